The van der Waals surface area contributed by atoms with Crippen LogP contribution in [-0.4, -0.2) is 43.5 Å². The Morgan fingerprint density at radius 2 is 1.96 bits per heavy atom. The molecule has 3 nitrogen and oxygen atoms in total. The number of ether oxygens (including phenoxy) is 1. The van der Waals surface area contributed by atoms with Crippen LogP contribution in [0.2, 0.25) is 14.8 Å². The van der Waals surface area contributed by atoms with Gasteiger partial charge in [0.15, 0.2) is 0 Å². The molecule has 138 valence electrons. The van der Waals surface area contributed by atoms with Gasteiger partial charge in [0.1, 0.15) is 0 Å². The number of rotatable bonds is 4. The quantitative estimate of drug-likeness (QED) is 0.561. The van der Waals surface area contributed by atoms with Crippen molar-refractivity contribution in [3.8, 4) is 0 Å². The Morgan fingerprint density at radius 1 is 1.24 bits per heavy atom. The van der Waals surface area contributed by atoms with Gasteiger partial charge in [0.05, 0.1) is 0 Å². The number of piperidine rings is 1. The van der Waals surface area contributed by atoms with Gasteiger partial charge in [-0.05, 0) is 0 Å². The molecule has 0 radical (unpaired) electrons. The van der Waals surface area contributed by atoms with Crippen LogP contribution < -0.4 is 8.90 Å². The van der Waals surface area contributed by atoms with Gasteiger partial charge < -0.3 is 0 Å². The van der Waals surface area contributed by atoms with E-state index in [0.29, 0.717) is 17.9 Å². The molecule has 2 bridgehead atoms. The zero-order valence-corrected chi connectivity index (χ0v) is 19.4. The van der Waals surface area contributed by atoms with Crippen LogP contribution >= 0.6 is 0 Å². The summed E-state index contributed by atoms with van der Waals surface area (Å²) in [4.78, 5) is 20.0. The Bertz CT molecular complexity index is 650. The van der Waals surface area contributed by atoms with E-state index in [9.17, 15) is 4.79 Å². The summed E-state index contributed by atoms with van der Waals surface area (Å²) in [6, 6.07) is 7.94. The molecule has 4 heteroatoms. The molecule has 2 aliphatic rings. The Kier molecular flexibility index (Phi) is 5.55. The van der Waals surface area contributed by atoms with Crippen molar-refractivity contribution < 1.29 is 9.53 Å². The second kappa shape index (κ2) is 7.22. The first-order valence-corrected chi connectivity index (χ1v) is 19.7. The number of methoxy groups -OCH3 is 1. The summed E-state index contributed by atoms with van der Waals surface area (Å²) in [7, 11) is 1.53. The Hall–Kier alpha value is -0.551. The van der Waals surface area contributed by atoms with Crippen molar-refractivity contribution in [3.63, 3.8) is 0 Å². The summed E-state index contributed by atoms with van der Waals surface area (Å²) in [5, 5.41) is 3.64. The topological polar surface area (TPSA) is 38.3 Å². The van der Waals surface area contributed by atoms with Crippen LogP contribution in [0.4, 0.5) is 0 Å². The second-order valence-corrected chi connectivity index (χ2v) is 23.6. The van der Waals surface area contributed by atoms with Gasteiger partial charge in [0, 0.05) is 0 Å². The van der Waals surface area contributed by atoms with Gasteiger partial charge in [-0.1, -0.05) is 0 Å². The number of benzene rings is 1. The van der Waals surface area contributed by atoms with E-state index in [1.807, 2.05) is 0 Å². The van der Waals surface area contributed by atoms with Crippen molar-refractivity contribution in [3.05, 3.63) is 29.3 Å². The number of esters is 1. The van der Waals surface area contributed by atoms with Gasteiger partial charge >= 0.3 is 157 Å². The molecule has 0 aliphatic carbocycles. The summed E-state index contributed by atoms with van der Waals surface area (Å²) in [6.07, 6.45) is 3.33. The van der Waals surface area contributed by atoms with Crippen LogP contribution in [0.15, 0.2) is 18.2 Å². The molecule has 0 saturated carbocycles. The van der Waals surface area contributed by atoms with Gasteiger partial charge in [-0.2, -0.15) is 0 Å². The number of carbonyl (C=O) groups is 1. The molecule has 2 fully saturated rings. The minimum atomic E-state index is -2.23. The standard InChI is InChI=1S/C18H24NO2.3CH3.Sn/c1-11(2)12-4-6-13(7-5-12)15-10-14-8-9-16(19-14)17(15)18(20)21-3;;;;/h4,6-7,11,14-17,19H,8-10H2,1-3H3;3*1H3;/t14?,15-,16?,17+;;;;/m1..../s1. The van der Waals surface area contributed by atoms with Gasteiger partial charge in [0.25, 0.3) is 0 Å². The maximum absolute atomic E-state index is 12.5. The molecule has 2 aliphatic heterocycles. The first-order valence-electron chi connectivity index (χ1n) is 9.70. The Morgan fingerprint density at radius 3 is 2.56 bits per heavy atom. The number of nitrogens with one attached hydrogen (secondary N) is 1. The van der Waals surface area contributed by atoms with Crippen molar-refractivity contribution in [1.29, 1.82) is 0 Å². The monoisotopic (exact) mass is 451 g/mol. The molecule has 2 heterocycles. The average molecular weight is 450 g/mol. The van der Waals surface area contributed by atoms with E-state index in [2.05, 4.69) is 52.2 Å². The zero-order chi connectivity index (χ0) is 18.4. The van der Waals surface area contributed by atoms with E-state index >= 15 is 0 Å². The molecule has 0 spiro atoms. The molecule has 0 aromatic heterocycles. The first-order chi connectivity index (χ1) is 11.7. The minimum absolute atomic E-state index is 0.0448. The summed E-state index contributed by atoms with van der Waals surface area (Å²) in [5.74, 6) is 0.758. The normalized spacial score (nSPS) is 29.1. The molecule has 0 amide bonds. The third kappa shape index (κ3) is 3.78. The third-order valence-corrected chi connectivity index (χ3v) is 11.9. The third-order valence-electron chi connectivity index (χ3n) is 6.09. The Labute approximate surface area is 156 Å². The molecule has 25 heavy (non-hydrogen) atoms. The predicted octanol–water partition coefficient (Wildman–Crippen LogP) is 3.75. The van der Waals surface area contributed by atoms with Crippen LogP contribution in [0.25, 0.3) is 0 Å². The van der Waals surface area contributed by atoms with E-state index in [0.717, 1.165) is 12.8 Å². The molecule has 1 aromatic rings. The van der Waals surface area contributed by atoms with Gasteiger partial charge in [-0.3, -0.25) is 0 Å². The molecular weight excluding hydrogens is 417 g/mol. The van der Waals surface area contributed by atoms with Crippen LogP contribution in [0.5, 0.6) is 0 Å². The number of hydrogen-bond donors (Lipinski definition) is 1. The van der Waals surface area contributed by atoms with E-state index in [1.165, 1.54) is 24.7 Å². The number of hydrogen-bond acceptors (Lipinski definition) is 3. The van der Waals surface area contributed by atoms with E-state index in [4.69, 9.17) is 4.74 Å². The fourth-order valence-electron chi connectivity index (χ4n) is 4.82. The summed E-state index contributed by atoms with van der Waals surface area (Å²) < 4.78 is 6.81. The van der Waals surface area contributed by atoms with E-state index in [-0.39, 0.29) is 17.9 Å². The Balaban J connectivity index is 2.03. The SMILES string of the molecule is COC(=O)[C@@H]1C2CCC(C[C@@H]1c1ccc(C(C)C)[c]([Sn]([CH3])([CH3])[CH3])c1)N2. The van der Waals surface area contributed by atoms with Crippen molar-refractivity contribution in [2.45, 2.75) is 71.8 Å². The van der Waals surface area contributed by atoms with Crippen LogP contribution in [-0.2, 0) is 9.53 Å². The molecular formula is C21H33NO2Sn. The van der Waals surface area contributed by atoms with Crippen molar-refractivity contribution in [2.75, 3.05) is 7.11 Å². The summed E-state index contributed by atoms with van der Waals surface area (Å²) in [6.45, 7) is 4.58. The van der Waals surface area contributed by atoms with Crippen LogP contribution in [0.3, 0.4) is 0 Å². The zero-order valence-electron chi connectivity index (χ0n) is 16.6. The fourth-order valence-corrected chi connectivity index (χ4v) is 10.1. The molecule has 3 rings (SSSR count). The van der Waals surface area contributed by atoms with E-state index in [1.54, 1.807) is 3.58 Å². The van der Waals surface area contributed by atoms with Gasteiger partial charge in [-0.25, -0.2) is 0 Å². The van der Waals surface area contributed by atoms with Gasteiger partial charge in [0.2, 0.25) is 0 Å². The van der Waals surface area contributed by atoms with Gasteiger partial charge in [-0.15, -0.1) is 0 Å². The van der Waals surface area contributed by atoms with Crippen molar-refractivity contribution in [1.82, 2.24) is 5.32 Å². The second-order valence-electron chi connectivity index (χ2n) is 9.19. The molecule has 4 atom stereocenters. The fraction of sp³-hybridized carbons (Fsp3) is 0.667. The molecule has 2 unspecified atom stereocenters. The van der Waals surface area contributed by atoms with E-state index < -0.39 is 18.4 Å². The average Bonchev–Trinajstić information content (AvgIpc) is 2.93. The predicted molar refractivity (Wildman–Crippen MR) is 106 cm³/mol. The summed E-state index contributed by atoms with van der Waals surface area (Å²) >= 11 is -2.23. The van der Waals surface area contributed by atoms with Crippen LogP contribution in [0.1, 0.15) is 56.1 Å². The first kappa shape index (κ1) is 19.2. The molecule has 2 saturated heterocycles. The molecule has 1 N–H and O–H groups in total. The van der Waals surface area contributed by atoms with Crippen molar-refractivity contribution >= 4 is 27.9 Å². The van der Waals surface area contributed by atoms with Crippen LogP contribution in [0, 0.1) is 5.92 Å². The molecule has 1 aromatic carbocycles. The summed E-state index contributed by atoms with van der Waals surface area (Å²) in [5.41, 5.74) is 2.87. The maximum atomic E-state index is 12.5. The van der Waals surface area contributed by atoms with Crippen molar-refractivity contribution in [2.24, 2.45) is 5.92 Å². The number of carbonyl (C=O) groups excluding carboxylic acids is 1. The number of fused-ring (bicyclic) bond motifs is 2.